The summed E-state index contributed by atoms with van der Waals surface area (Å²) in [7, 11) is 1.51. The predicted octanol–water partition coefficient (Wildman–Crippen LogP) is 3.10. The molecule has 0 N–H and O–H groups in total. The first-order chi connectivity index (χ1) is 13.2. The smallest absolute Gasteiger partial charge is 0.338 e. The first-order valence-corrected chi connectivity index (χ1v) is 8.71. The number of carbonyl (C=O) groups excluding carboxylic acids is 1. The van der Waals surface area contributed by atoms with Gasteiger partial charge in [-0.3, -0.25) is 0 Å². The van der Waals surface area contributed by atoms with Gasteiger partial charge in [-0.15, -0.1) is 0 Å². The molecule has 0 unspecified atom stereocenters. The van der Waals surface area contributed by atoms with Crippen LogP contribution in [-0.2, 0) is 4.74 Å². The van der Waals surface area contributed by atoms with Gasteiger partial charge in [0.2, 0.25) is 5.75 Å². The average molecular weight is 374 g/mol. The molecule has 0 bridgehead atoms. The third kappa shape index (κ3) is 4.75. The number of fused-ring (bicyclic) bond motifs is 1. The van der Waals surface area contributed by atoms with Gasteiger partial charge in [0.15, 0.2) is 11.5 Å². The topological polar surface area (TPSA) is 72.5 Å². The number of esters is 1. The van der Waals surface area contributed by atoms with Crippen LogP contribution in [0.25, 0.3) is 0 Å². The van der Waals surface area contributed by atoms with E-state index in [2.05, 4.69) is 0 Å². The lowest BCUT2D eigenvalue weighted by Gasteiger charge is -2.21. The molecule has 27 heavy (non-hydrogen) atoms. The summed E-state index contributed by atoms with van der Waals surface area (Å²) in [5.74, 6) is 2.38. The van der Waals surface area contributed by atoms with Gasteiger partial charge in [0, 0.05) is 0 Å². The fraction of sp³-hybridized carbons (Fsp3) is 0.350. The van der Waals surface area contributed by atoms with Gasteiger partial charge in [-0.1, -0.05) is 0 Å². The first kappa shape index (κ1) is 18.7. The van der Waals surface area contributed by atoms with Gasteiger partial charge >= 0.3 is 5.97 Å². The van der Waals surface area contributed by atoms with Gasteiger partial charge in [-0.05, 0) is 43.3 Å². The fourth-order valence-corrected chi connectivity index (χ4v) is 2.57. The minimum atomic E-state index is -0.486. The van der Waals surface area contributed by atoms with Crippen molar-refractivity contribution in [2.24, 2.45) is 0 Å². The Bertz CT molecular complexity index is 753. The fourth-order valence-electron chi connectivity index (χ4n) is 2.57. The van der Waals surface area contributed by atoms with Crippen LogP contribution in [0.1, 0.15) is 17.3 Å². The number of hydrogen-bond acceptors (Lipinski definition) is 7. The zero-order chi connectivity index (χ0) is 19.1. The molecule has 7 nitrogen and oxygen atoms in total. The number of hydrogen-bond donors (Lipinski definition) is 0. The molecule has 0 fully saturated rings. The molecule has 1 aliphatic rings. The molecule has 0 aromatic heterocycles. The molecular weight excluding hydrogens is 352 g/mol. The molecule has 1 aliphatic heterocycles. The van der Waals surface area contributed by atoms with Gasteiger partial charge in [0.25, 0.3) is 0 Å². The van der Waals surface area contributed by atoms with Crippen LogP contribution in [0.3, 0.4) is 0 Å². The first-order valence-electron chi connectivity index (χ1n) is 8.71. The summed E-state index contributed by atoms with van der Waals surface area (Å²) in [6, 6.07) is 10.4. The maximum atomic E-state index is 12.3. The minimum Gasteiger partial charge on any atom is -0.494 e. The van der Waals surface area contributed by atoms with E-state index >= 15 is 0 Å². The van der Waals surface area contributed by atoms with Crippen molar-refractivity contribution < 1.29 is 33.2 Å². The molecule has 7 heteroatoms. The van der Waals surface area contributed by atoms with Crippen LogP contribution in [0.2, 0.25) is 0 Å². The standard InChI is InChI=1S/C20H22O7/c1-3-23-15-4-6-16(7-5-15)24-8-11-27-20(21)14-12-17(22-2)19-18(13-14)25-9-10-26-19/h4-7,12-13H,3,8-11H2,1-2H3. The Morgan fingerprint density at radius 2 is 1.70 bits per heavy atom. The SMILES string of the molecule is CCOc1ccc(OCCOC(=O)c2cc(OC)c3c(c2)OCCO3)cc1. The molecule has 2 aromatic carbocycles. The van der Waals surface area contributed by atoms with Crippen molar-refractivity contribution in [2.45, 2.75) is 6.92 Å². The molecule has 0 aliphatic carbocycles. The summed E-state index contributed by atoms with van der Waals surface area (Å²) >= 11 is 0. The highest BCUT2D eigenvalue weighted by Crippen LogP contribution is 2.40. The predicted molar refractivity (Wildman–Crippen MR) is 97.4 cm³/mol. The number of methoxy groups -OCH3 is 1. The second-order valence-electron chi connectivity index (χ2n) is 5.59. The van der Waals surface area contributed by atoms with Crippen molar-refractivity contribution in [1.29, 1.82) is 0 Å². The molecular formula is C20H22O7. The zero-order valence-electron chi connectivity index (χ0n) is 15.4. The van der Waals surface area contributed by atoms with Crippen LogP contribution in [0, 0.1) is 0 Å². The zero-order valence-corrected chi connectivity index (χ0v) is 15.4. The van der Waals surface area contributed by atoms with Crippen molar-refractivity contribution in [3.8, 4) is 28.7 Å². The maximum Gasteiger partial charge on any atom is 0.338 e. The van der Waals surface area contributed by atoms with Crippen molar-refractivity contribution in [3.05, 3.63) is 42.0 Å². The highest BCUT2D eigenvalue weighted by atomic mass is 16.6. The lowest BCUT2D eigenvalue weighted by molar-refractivity contribution is 0.0449. The molecule has 0 amide bonds. The molecule has 1 heterocycles. The second-order valence-corrected chi connectivity index (χ2v) is 5.59. The van der Waals surface area contributed by atoms with E-state index in [1.807, 2.05) is 19.1 Å². The number of ether oxygens (including phenoxy) is 6. The number of carbonyl (C=O) groups is 1. The van der Waals surface area contributed by atoms with E-state index in [1.165, 1.54) is 7.11 Å². The molecule has 0 spiro atoms. The van der Waals surface area contributed by atoms with Gasteiger partial charge in [0.05, 0.1) is 19.3 Å². The van der Waals surface area contributed by atoms with Crippen LogP contribution in [0.15, 0.2) is 36.4 Å². The van der Waals surface area contributed by atoms with Gasteiger partial charge in [-0.2, -0.15) is 0 Å². The molecule has 2 aromatic rings. The molecule has 144 valence electrons. The molecule has 0 atom stereocenters. The van der Waals surface area contributed by atoms with E-state index in [9.17, 15) is 4.79 Å². The minimum absolute atomic E-state index is 0.114. The van der Waals surface area contributed by atoms with Crippen molar-refractivity contribution in [1.82, 2.24) is 0 Å². The Morgan fingerprint density at radius 1 is 1.00 bits per heavy atom. The van der Waals surface area contributed by atoms with Crippen molar-refractivity contribution in [3.63, 3.8) is 0 Å². The van der Waals surface area contributed by atoms with Crippen LogP contribution >= 0.6 is 0 Å². The summed E-state index contributed by atoms with van der Waals surface area (Å²) in [5, 5.41) is 0. The quantitative estimate of drug-likeness (QED) is 0.519. The third-order valence-electron chi connectivity index (χ3n) is 3.78. The van der Waals surface area contributed by atoms with Crippen LogP contribution in [0.4, 0.5) is 0 Å². The van der Waals surface area contributed by atoms with Crippen LogP contribution in [0.5, 0.6) is 28.7 Å². The lowest BCUT2D eigenvalue weighted by atomic mass is 10.1. The summed E-state index contributed by atoms with van der Waals surface area (Å²) in [4.78, 5) is 12.3. The lowest BCUT2D eigenvalue weighted by Crippen LogP contribution is -2.17. The van der Waals surface area contributed by atoms with E-state index in [1.54, 1.807) is 24.3 Å². The second kappa shape index (κ2) is 9.02. The van der Waals surface area contributed by atoms with E-state index in [0.717, 1.165) is 5.75 Å². The van der Waals surface area contributed by atoms with Crippen molar-refractivity contribution in [2.75, 3.05) is 40.1 Å². The Morgan fingerprint density at radius 3 is 2.41 bits per heavy atom. The molecule has 0 radical (unpaired) electrons. The maximum absolute atomic E-state index is 12.3. The van der Waals surface area contributed by atoms with Gasteiger partial charge < -0.3 is 28.4 Å². The van der Waals surface area contributed by atoms with E-state index in [0.29, 0.717) is 48.4 Å². The van der Waals surface area contributed by atoms with E-state index in [4.69, 9.17) is 28.4 Å². The number of rotatable bonds is 8. The summed E-state index contributed by atoms with van der Waals surface area (Å²) in [5.41, 5.74) is 0.331. The van der Waals surface area contributed by atoms with E-state index in [-0.39, 0.29) is 13.2 Å². The average Bonchev–Trinajstić information content (AvgIpc) is 2.71. The Labute approximate surface area is 157 Å². The highest BCUT2D eigenvalue weighted by Gasteiger charge is 2.21. The normalized spacial score (nSPS) is 12.2. The van der Waals surface area contributed by atoms with Gasteiger partial charge in [0.1, 0.15) is 37.9 Å². The van der Waals surface area contributed by atoms with Gasteiger partial charge in [-0.25, -0.2) is 4.79 Å². The third-order valence-corrected chi connectivity index (χ3v) is 3.78. The monoisotopic (exact) mass is 374 g/mol. The largest absolute Gasteiger partial charge is 0.494 e. The molecule has 0 saturated heterocycles. The van der Waals surface area contributed by atoms with Crippen LogP contribution < -0.4 is 23.7 Å². The highest BCUT2D eigenvalue weighted by molar-refractivity contribution is 5.91. The Kier molecular flexibility index (Phi) is 6.25. The van der Waals surface area contributed by atoms with Crippen LogP contribution in [-0.4, -0.2) is 46.1 Å². The number of benzene rings is 2. The molecule has 3 rings (SSSR count). The summed E-state index contributed by atoms with van der Waals surface area (Å²) in [6.07, 6.45) is 0. The molecule has 0 saturated carbocycles. The van der Waals surface area contributed by atoms with E-state index < -0.39 is 5.97 Å². The Balaban J connectivity index is 1.52. The Hall–Kier alpha value is -3.09. The summed E-state index contributed by atoms with van der Waals surface area (Å²) < 4.78 is 32.5. The summed E-state index contributed by atoms with van der Waals surface area (Å²) in [6.45, 7) is 3.75. The van der Waals surface area contributed by atoms with Crippen molar-refractivity contribution >= 4 is 5.97 Å².